The van der Waals surface area contributed by atoms with Gasteiger partial charge < -0.3 is 20.1 Å². The Balaban J connectivity index is 2.00. The number of aliphatic hydroxyl groups excluding tert-OH is 1. The maximum absolute atomic E-state index is 12.6. The van der Waals surface area contributed by atoms with Gasteiger partial charge in [-0.05, 0) is 48.7 Å². The van der Waals surface area contributed by atoms with Gasteiger partial charge in [0.15, 0.2) is 0 Å². The van der Waals surface area contributed by atoms with Crippen molar-refractivity contribution >= 4 is 34.9 Å². The molecule has 0 saturated carbocycles. The third-order valence-electron chi connectivity index (χ3n) is 5.57. The molecule has 0 aliphatic carbocycles. The van der Waals surface area contributed by atoms with Gasteiger partial charge in [-0.1, -0.05) is 48.3 Å². The molecule has 8 heteroatoms. The molecule has 2 N–H and O–H groups in total. The summed E-state index contributed by atoms with van der Waals surface area (Å²) in [6, 6.07) is 14.4. The van der Waals surface area contributed by atoms with Crippen molar-refractivity contribution in [3.05, 3.63) is 64.1 Å². The van der Waals surface area contributed by atoms with E-state index in [1.807, 2.05) is 31.2 Å². The van der Waals surface area contributed by atoms with Crippen molar-refractivity contribution in [2.75, 3.05) is 39.2 Å². The molecule has 0 aromatic heterocycles. The Morgan fingerprint density at radius 2 is 1.75 bits per heavy atom. The van der Waals surface area contributed by atoms with Crippen LogP contribution in [-0.2, 0) is 11.3 Å². The number of urea groups is 1. The number of hydrogen-bond acceptors (Lipinski definition) is 4. The molecule has 6 nitrogen and oxygen atoms in total. The zero-order valence-corrected chi connectivity index (χ0v) is 20.6. The van der Waals surface area contributed by atoms with Crippen molar-refractivity contribution in [3.8, 4) is 0 Å². The lowest BCUT2D eigenvalue weighted by atomic mass is 10.0. The Bertz CT molecular complexity index is 851. The summed E-state index contributed by atoms with van der Waals surface area (Å²) >= 11 is 12.2. The summed E-state index contributed by atoms with van der Waals surface area (Å²) in [6.07, 6.45) is -0.185. The summed E-state index contributed by atoms with van der Waals surface area (Å²) in [5.41, 5.74) is 1.69. The monoisotopic (exact) mass is 481 g/mol. The second-order valence-electron chi connectivity index (χ2n) is 8.12. The SMILES string of the molecule is CO[C@H](CN(C)C(=O)Nc1ccc(Cl)cc1)[C@@H](C)CN(Cc1ccccc1Cl)[C@@H](C)CO. The van der Waals surface area contributed by atoms with Crippen LogP contribution in [0.5, 0.6) is 0 Å². The lowest BCUT2D eigenvalue weighted by molar-refractivity contribution is 0.0154. The lowest BCUT2D eigenvalue weighted by Crippen LogP contribution is -2.45. The van der Waals surface area contributed by atoms with Gasteiger partial charge in [0.1, 0.15) is 0 Å². The second kappa shape index (κ2) is 13.0. The van der Waals surface area contributed by atoms with Crippen molar-refractivity contribution in [1.82, 2.24) is 9.80 Å². The largest absolute Gasteiger partial charge is 0.395 e. The van der Waals surface area contributed by atoms with E-state index in [1.54, 1.807) is 43.3 Å². The highest BCUT2D eigenvalue weighted by Gasteiger charge is 2.25. The van der Waals surface area contributed by atoms with Gasteiger partial charge >= 0.3 is 6.03 Å². The first-order chi connectivity index (χ1) is 15.2. The van der Waals surface area contributed by atoms with Gasteiger partial charge in [0.05, 0.1) is 12.7 Å². The zero-order valence-electron chi connectivity index (χ0n) is 19.1. The summed E-state index contributed by atoms with van der Waals surface area (Å²) in [4.78, 5) is 16.4. The fourth-order valence-corrected chi connectivity index (χ4v) is 3.76. The van der Waals surface area contributed by atoms with E-state index < -0.39 is 0 Å². The molecular formula is C24H33Cl2N3O3. The predicted octanol–water partition coefficient (Wildman–Crippen LogP) is 4.99. The highest BCUT2D eigenvalue weighted by atomic mass is 35.5. The molecule has 2 aromatic carbocycles. The molecule has 2 aromatic rings. The van der Waals surface area contributed by atoms with Gasteiger partial charge in [-0.2, -0.15) is 0 Å². The van der Waals surface area contributed by atoms with Crippen LogP contribution in [0, 0.1) is 5.92 Å². The van der Waals surface area contributed by atoms with E-state index in [1.165, 1.54) is 0 Å². The molecule has 0 bridgehead atoms. The molecule has 0 radical (unpaired) electrons. The highest BCUT2D eigenvalue weighted by molar-refractivity contribution is 6.31. The van der Waals surface area contributed by atoms with E-state index in [2.05, 4.69) is 17.1 Å². The molecule has 0 aliphatic rings. The Morgan fingerprint density at radius 1 is 1.09 bits per heavy atom. The molecule has 0 heterocycles. The number of aliphatic hydroxyl groups is 1. The van der Waals surface area contributed by atoms with Crippen molar-refractivity contribution in [2.24, 2.45) is 5.92 Å². The Kier molecular flexibility index (Phi) is 10.7. The molecule has 0 saturated heterocycles. The molecule has 0 unspecified atom stereocenters. The van der Waals surface area contributed by atoms with Crippen LogP contribution < -0.4 is 5.32 Å². The third-order valence-corrected chi connectivity index (χ3v) is 6.20. The minimum atomic E-state index is -0.224. The summed E-state index contributed by atoms with van der Waals surface area (Å²) in [7, 11) is 3.39. The maximum Gasteiger partial charge on any atom is 0.321 e. The van der Waals surface area contributed by atoms with Crippen LogP contribution in [0.4, 0.5) is 10.5 Å². The molecule has 2 amide bonds. The van der Waals surface area contributed by atoms with Crippen molar-refractivity contribution < 1.29 is 14.6 Å². The van der Waals surface area contributed by atoms with E-state index in [-0.39, 0.29) is 30.7 Å². The van der Waals surface area contributed by atoms with Crippen molar-refractivity contribution in [2.45, 2.75) is 32.5 Å². The standard InChI is InChI=1S/C24H33Cl2N3O3/c1-17(13-29(18(2)16-30)14-19-7-5-6-8-22(19)26)23(32-4)15-28(3)24(31)27-21-11-9-20(25)10-12-21/h5-12,17-18,23,30H,13-16H2,1-4H3,(H,27,31)/t17-,18-,23+/m0/s1. The van der Waals surface area contributed by atoms with Crippen LogP contribution in [0.2, 0.25) is 10.0 Å². The molecule has 3 atom stereocenters. The van der Waals surface area contributed by atoms with E-state index in [9.17, 15) is 9.90 Å². The number of halogens is 2. The molecule has 176 valence electrons. The normalized spacial score (nSPS) is 14.1. The van der Waals surface area contributed by atoms with Crippen LogP contribution in [0.15, 0.2) is 48.5 Å². The molecular weight excluding hydrogens is 449 g/mol. The molecule has 0 aliphatic heterocycles. The first-order valence-electron chi connectivity index (χ1n) is 10.6. The first kappa shape index (κ1) is 26.4. The van der Waals surface area contributed by atoms with Gasteiger partial charge in [0.25, 0.3) is 0 Å². The number of benzene rings is 2. The van der Waals surface area contributed by atoms with Crippen LogP contribution >= 0.6 is 23.2 Å². The fourth-order valence-electron chi connectivity index (χ4n) is 3.44. The number of carbonyl (C=O) groups excluding carboxylic acids is 1. The van der Waals surface area contributed by atoms with Gasteiger partial charge in [-0.15, -0.1) is 0 Å². The number of ether oxygens (including phenoxy) is 1. The first-order valence-corrected chi connectivity index (χ1v) is 11.4. The van der Waals surface area contributed by atoms with Crippen LogP contribution in [0.25, 0.3) is 0 Å². The zero-order chi connectivity index (χ0) is 23.7. The number of carbonyl (C=O) groups is 1. The van der Waals surface area contributed by atoms with Gasteiger partial charge in [-0.25, -0.2) is 4.79 Å². The van der Waals surface area contributed by atoms with Gasteiger partial charge in [0.2, 0.25) is 0 Å². The predicted molar refractivity (Wildman–Crippen MR) is 131 cm³/mol. The average molecular weight is 482 g/mol. The second-order valence-corrected chi connectivity index (χ2v) is 8.97. The van der Waals surface area contributed by atoms with Gasteiger partial charge in [0, 0.05) is 55.6 Å². The number of amides is 2. The number of nitrogens with zero attached hydrogens (tertiary/aromatic N) is 2. The number of methoxy groups -OCH3 is 1. The number of likely N-dealkylation sites (N-methyl/N-ethyl adjacent to an activating group) is 1. The van der Waals surface area contributed by atoms with E-state index in [0.29, 0.717) is 35.4 Å². The van der Waals surface area contributed by atoms with Gasteiger partial charge in [-0.3, -0.25) is 4.90 Å². The Hall–Kier alpha value is -1.83. The number of anilines is 1. The average Bonchev–Trinajstić information content (AvgIpc) is 2.78. The van der Waals surface area contributed by atoms with E-state index >= 15 is 0 Å². The fraction of sp³-hybridized carbons (Fsp3) is 0.458. The highest BCUT2D eigenvalue weighted by Crippen LogP contribution is 2.21. The van der Waals surface area contributed by atoms with Crippen LogP contribution in [0.1, 0.15) is 19.4 Å². The third kappa shape index (κ3) is 7.94. The van der Waals surface area contributed by atoms with Crippen LogP contribution in [-0.4, -0.2) is 66.9 Å². The lowest BCUT2D eigenvalue weighted by Gasteiger charge is -2.34. The summed E-state index contributed by atoms with van der Waals surface area (Å²) < 4.78 is 5.73. The molecule has 2 rings (SSSR count). The molecule has 0 fully saturated rings. The summed E-state index contributed by atoms with van der Waals surface area (Å²) in [5, 5.41) is 13.9. The van der Waals surface area contributed by atoms with E-state index in [0.717, 1.165) is 5.56 Å². The van der Waals surface area contributed by atoms with Crippen molar-refractivity contribution in [1.29, 1.82) is 0 Å². The number of nitrogens with one attached hydrogen (secondary N) is 1. The number of rotatable bonds is 11. The summed E-state index contributed by atoms with van der Waals surface area (Å²) in [6.45, 7) is 5.83. The topological polar surface area (TPSA) is 65.0 Å². The molecule has 0 spiro atoms. The molecule has 32 heavy (non-hydrogen) atoms. The summed E-state index contributed by atoms with van der Waals surface area (Å²) in [5.74, 6) is 0.0993. The van der Waals surface area contributed by atoms with E-state index in [4.69, 9.17) is 27.9 Å². The number of hydrogen-bond donors (Lipinski definition) is 2. The van der Waals surface area contributed by atoms with Crippen molar-refractivity contribution in [3.63, 3.8) is 0 Å². The van der Waals surface area contributed by atoms with Crippen LogP contribution in [0.3, 0.4) is 0 Å². The smallest absolute Gasteiger partial charge is 0.321 e. The maximum atomic E-state index is 12.6. The Morgan fingerprint density at radius 3 is 2.34 bits per heavy atom. The minimum Gasteiger partial charge on any atom is -0.395 e. The minimum absolute atomic E-state index is 0.0399. The quantitative estimate of drug-likeness (QED) is 0.474. The Labute approximate surface area is 201 Å².